The van der Waals surface area contributed by atoms with E-state index in [0.29, 0.717) is 12.2 Å². The molecule has 0 bridgehead atoms. The number of amides is 1. The third kappa shape index (κ3) is 5.11. The number of nitro benzene ring substituents is 1. The Kier molecular flexibility index (Phi) is 5.64. The van der Waals surface area contributed by atoms with Crippen LogP contribution in [0.25, 0.3) is 0 Å². The maximum atomic E-state index is 11.9. The van der Waals surface area contributed by atoms with Crippen molar-refractivity contribution in [3.05, 3.63) is 34.4 Å². The molecule has 1 heterocycles. The number of benzene rings is 1. The molecule has 1 saturated heterocycles. The topological polar surface area (TPSA) is 84.7 Å². The summed E-state index contributed by atoms with van der Waals surface area (Å²) >= 11 is 0. The van der Waals surface area contributed by atoms with Gasteiger partial charge in [-0.1, -0.05) is 12.1 Å². The van der Waals surface area contributed by atoms with E-state index in [0.717, 1.165) is 25.8 Å². The summed E-state index contributed by atoms with van der Waals surface area (Å²) in [6.45, 7) is 6.88. The Hall–Kier alpha value is -2.31. The molecule has 1 fully saturated rings. The van der Waals surface area contributed by atoms with Gasteiger partial charge >= 0.3 is 6.09 Å². The summed E-state index contributed by atoms with van der Waals surface area (Å²) < 4.78 is 5.29. The van der Waals surface area contributed by atoms with Crippen LogP contribution in [0.5, 0.6) is 0 Å². The van der Waals surface area contributed by atoms with Crippen molar-refractivity contribution >= 4 is 17.5 Å². The lowest BCUT2D eigenvalue weighted by Gasteiger charge is -2.24. The lowest BCUT2D eigenvalue weighted by atomic mass is 10.1. The SMILES string of the molecule is CC(C)(C)OC(=O)NC1CCCN(c2ccccc2[N+](=O)[O-])CC1. The predicted octanol–water partition coefficient (Wildman–Crippen LogP) is 3.48. The van der Waals surface area contributed by atoms with E-state index in [2.05, 4.69) is 5.32 Å². The van der Waals surface area contributed by atoms with Crippen molar-refractivity contribution in [2.24, 2.45) is 0 Å². The lowest BCUT2D eigenvalue weighted by Crippen LogP contribution is -2.39. The van der Waals surface area contributed by atoms with Crippen LogP contribution in [0.3, 0.4) is 0 Å². The molecule has 0 aromatic heterocycles. The number of para-hydroxylation sites is 2. The molecule has 0 aliphatic carbocycles. The minimum atomic E-state index is -0.522. The first-order valence-electron chi connectivity index (χ1n) is 8.24. The van der Waals surface area contributed by atoms with Crippen LogP contribution in [0.1, 0.15) is 40.0 Å². The zero-order valence-corrected chi connectivity index (χ0v) is 14.4. The minimum Gasteiger partial charge on any atom is -0.444 e. The van der Waals surface area contributed by atoms with Crippen molar-refractivity contribution in [3.8, 4) is 0 Å². The van der Waals surface area contributed by atoms with Crippen molar-refractivity contribution in [1.29, 1.82) is 0 Å². The van der Waals surface area contributed by atoms with Crippen molar-refractivity contribution in [2.75, 3.05) is 18.0 Å². The van der Waals surface area contributed by atoms with E-state index in [1.807, 2.05) is 31.7 Å². The fourth-order valence-corrected chi connectivity index (χ4v) is 2.84. The van der Waals surface area contributed by atoms with Crippen LogP contribution in [-0.2, 0) is 4.74 Å². The fourth-order valence-electron chi connectivity index (χ4n) is 2.84. The van der Waals surface area contributed by atoms with Crippen LogP contribution in [-0.4, -0.2) is 35.7 Å². The molecule has 2 rings (SSSR count). The first kappa shape index (κ1) is 18.0. The molecule has 0 spiro atoms. The van der Waals surface area contributed by atoms with Crippen molar-refractivity contribution < 1.29 is 14.5 Å². The number of hydrogen-bond acceptors (Lipinski definition) is 5. The van der Waals surface area contributed by atoms with Crippen LogP contribution in [0.2, 0.25) is 0 Å². The van der Waals surface area contributed by atoms with Crippen LogP contribution in [0.15, 0.2) is 24.3 Å². The number of anilines is 1. The molecular weight excluding hydrogens is 310 g/mol. The summed E-state index contributed by atoms with van der Waals surface area (Å²) in [5.74, 6) is 0. The number of hydrogen-bond donors (Lipinski definition) is 1. The molecule has 1 aliphatic heterocycles. The van der Waals surface area contributed by atoms with Crippen LogP contribution in [0, 0.1) is 10.1 Å². The Labute approximate surface area is 142 Å². The van der Waals surface area contributed by atoms with Gasteiger partial charge in [0.2, 0.25) is 0 Å². The fraction of sp³-hybridized carbons (Fsp3) is 0.588. The third-order valence-corrected chi connectivity index (χ3v) is 3.87. The summed E-state index contributed by atoms with van der Waals surface area (Å²) in [6, 6.07) is 6.81. The number of rotatable bonds is 3. The molecule has 1 aromatic carbocycles. The molecule has 1 amide bonds. The third-order valence-electron chi connectivity index (χ3n) is 3.87. The number of ether oxygens (including phenoxy) is 1. The molecule has 0 radical (unpaired) electrons. The molecule has 1 aromatic rings. The molecule has 24 heavy (non-hydrogen) atoms. The monoisotopic (exact) mass is 335 g/mol. The Morgan fingerprint density at radius 2 is 2.00 bits per heavy atom. The number of alkyl carbamates (subject to hydrolysis) is 1. The Morgan fingerprint density at radius 1 is 1.29 bits per heavy atom. The molecule has 1 atom stereocenters. The molecule has 7 nitrogen and oxygen atoms in total. The summed E-state index contributed by atoms with van der Waals surface area (Å²) in [5, 5.41) is 14.1. The molecule has 7 heteroatoms. The maximum Gasteiger partial charge on any atom is 0.407 e. The normalized spacial score (nSPS) is 18.6. The van der Waals surface area contributed by atoms with Crippen LogP contribution < -0.4 is 10.2 Å². The Morgan fingerprint density at radius 3 is 2.67 bits per heavy atom. The first-order chi connectivity index (χ1) is 11.3. The number of nitrogens with zero attached hydrogens (tertiary/aromatic N) is 2. The van der Waals surface area contributed by atoms with Gasteiger partial charge in [-0.3, -0.25) is 10.1 Å². The summed E-state index contributed by atoms with van der Waals surface area (Å²) in [4.78, 5) is 24.8. The lowest BCUT2D eigenvalue weighted by molar-refractivity contribution is -0.384. The highest BCUT2D eigenvalue weighted by Crippen LogP contribution is 2.29. The minimum absolute atomic E-state index is 0.0209. The van der Waals surface area contributed by atoms with Gasteiger partial charge in [0.1, 0.15) is 11.3 Å². The Bertz CT molecular complexity index is 598. The van der Waals surface area contributed by atoms with Gasteiger partial charge in [0.05, 0.1) is 4.92 Å². The highest BCUT2D eigenvalue weighted by molar-refractivity contribution is 5.68. The highest BCUT2D eigenvalue weighted by Gasteiger charge is 2.25. The molecule has 1 unspecified atom stereocenters. The van der Waals surface area contributed by atoms with Gasteiger partial charge in [0.25, 0.3) is 5.69 Å². The molecule has 1 N–H and O–H groups in total. The van der Waals surface area contributed by atoms with E-state index in [-0.39, 0.29) is 16.7 Å². The average molecular weight is 335 g/mol. The quantitative estimate of drug-likeness (QED) is 0.675. The van der Waals surface area contributed by atoms with Gasteiger partial charge in [-0.05, 0) is 46.1 Å². The zero-order valence-electron chi connectivity index (χ0n) is 14.4. The van der Waals surface area contributed by atoms with E-state index in [1.54, 1.807) is 12.1 Å². The van der Waals surface area contributed by atoms with E-state index in [4.69, 9.17) is 4.74 Å². The van der Waals surface area contributed by atoms with Crippen molar-refractivity contribution in [2.45, 2.75) is 51.7 Å². The number of nitrogens with one attached hydrogen (secondary N) is 1. The van der Waals surface area contributed by atoms with Gasteiger partial charge in [-0.25, -0.2) is 4.79 Å². The number of carbonyl (C=O) groups excluding carboxylic acids is 1. The second-order valence-electron chi connectivity index (χ2n) is 7.01. The molecule has 0 saturated carbocycles. The van der Waals surface area contributed by atoms with Crippen molar-refractivity contribution in [3.63, 3.8) is 0 Å². The van der Waals surface area contributed by atoms with E-state index >= 15 is 0 Å². The summed E-state index contributed by atoms with van der Waals surface area (Å²) in [6.07, 6.45) is 2.00. The van der Waals surface area contributed by atoms with E-state index in [1.165, 1.54) is 6.07 Å². The second kappa shape index (κ2) is 7.51. The largest absolute Gasteiger partial charge is 0.444 e. The zero-order chi connectivity index (χ0) is 17.7. The average Bonchev–Trinajstić information content (AvgIpc) is 2.70. The van der Waals surface area contributed by atoms with Gasteiger partial charge in [-0.2, -0.15) is 0 Å². The van der Waals surface area contributed by atoms with Gasteiger partial charge in [0.15, 0.2) is 0 Å². The van der Waals surface area contributed by atoms with Gasteiger partial charge in [-0.15, -0.1) is 0 Å². The smallest absolute Gasteiger partial charge is 0.407 e. The van der Waals surface area contributed by atoms with E-state index < -0.39 is 11.7 Å². The second-order valence-corrected chi connectivity index (χ2v) is 7.01. The predicted molar refractivity (Wildman–Crippen MR) is 92.3 cm³/mol. The summed E-state index contributed by atoms with van der Waals surface area (Å²) in [5.41, 5.74) is 0.238. The summed E-state index contributed by atoms with van der Waals surface area (Å²) in [7, 11) is 0. The first-order valence-corrected chi connectivity index (χ1v) is 8.24. The molecular formula is C17H25N3O4. The molecule has 1 aliphatic rings. The van der Waals surface area contributed by atoms with Crippen LogP contribution >= 0.6 is 0 Å². The Balaban J connectivity index is 1.98. The maximum absolute atomic E-state index is 11.9. The molecule has 132 valence electrons. The van der Waals surface area contributed by atoms with Gasteiger partial charge < -0.3 is 15.0 Å². The van der Waals surface area contributed by atoms with Gasteiger partial charge in [0, 0.05) is 25.2 Å². The number of nitro groups is 1. The van der Waals surface area contributed by atoms with Crippen LogP contribution in [0.4, 0.5) is 16.2 Å². The van der Waals surface area contributed by atoms with E-state index in [9.17, 15) is 14.9 Å². The highest BCUT2D eigenvalue weighted by atomic mass is 16.6. The standard InChI is InChI=1S/C17H25N3O4/c1-17(2,3)24-16(21)18-13-7-6-11-19(12-10-13)14-8-4-5-9-15(14)20(22)23/h4-5,8-9,13H,6-7,10-12H2,1-3H3,(H,18,21). The number of carbonyl (C=O) groups is 1. The van der Waals surface area contributed by atoms with Crippen molar-refractivity contribution in [1.82, 2.24) is 5.32 Å².